The predicted octanol–water partition coefficient (Wildman–Crippen LogP) is 2.89. The van der Waals surface area contributed by atoms with Gasteiger partial charge in [-0.2, -0.15) is 0 Å². The quantitative estimate of drug-likeness (QED) is 0.849. The van der Waals surface area contributed by atoms with Crippen molar-refractivity contribution in [3.8, 4) is 0 Å². The Kier molecular flexibility index (Phi) is 6.21. The van der Waals surface area contributed by atoms with Gasteiger partial charge in [0.1, 0.15) is 5.76 Å². The second-order valence-corrected chi connectivity index (χ2v) is 7.19. The van der Waals surface area contributed by atoms with E-state index in [4.69, 9.17) is 4.42 Å². The zero-order valence-corrected chi connectivity index (χ0v) is 14.4. The lowest BCUT2D eigenvalue weighted by Gasteiger charge is -2.33. The first-order valence-electron chi connectivity index (χ1n) is 7.73. The molecule has 0 spiro atoms. The van der Waals surface area contributed by atoms with Crippen molar-refractivity contribution in [3.05, 3.63) is 23.7 Å². The number of furan rings is 1. The molecule has 0 aliphatic carbocycles. The maximum atomic E-state index is 12.1. The molecule has 1 atom stereocenters. The molecule has 1 heterocycles. The highest BCUT2D eigenvalue weighted by Gasteiger charge is 2.27. The number of rotatable bonds is 6. The van der Waals surface area contributed by atoms with Gasteiger partial charge in [0.2, 0.25) is 5.91 Å². The largest absolute Gasteiger partial charge is 0.469 e. The zero-order chi connectivity index (χ0) is 16.9. The van der Waals surface area contributed by atoms with E-state index in [9.17, 15) is 9.59 Å². The normalized spacial score (nSPS) is 13.0. The molecule has 124 valence electrons. The molecule has 0 aromatic carbocycles. The van der Waals surface area contributed by atoms with Gasteiger partial charge >= 0.3 is 0 Å². The lowest BCUT2D eigenvalue weighted by molar-refractivity contribution is -0.121. The molecule has 0 fully saturated rings. The average molecular weight is 308 g/mol. The molecule has 1 aromatic heterocycles. The predicted molar refractivity (Wildman–Crippen MR) is 86.6 cm³/mol. The second kappa shape index (κ2) is 7.47. The van der Waals surface area contributed by atoms with E-state index in [0.29, 0.717) is 17.2 Å². The van der Waals surface area contributed by atoms with Crippen LogP contribution in [-0.2, 0) is 4.79 Å². The lowest BCUT2D eigenvalue weighted by atomic mass is 9.82. The van der Waals surface area contributed by atoms with Crippen LogP contribution in [-0.4, -0.2) is 24.4 Å². The van der Waals surface area contributed by atoms with Crippen molar-refractivity contribution in [1.29, 1.82) is 0 Å². The van der Waals surface area contributed by atoms with E-state index in [1.54, 1.807) is 13.0 Å². The van der Waals surface area contributed by atoms with Gasteiger partial charge in [-0.05, 0) is 30.7 Å². The third kappa shape index (κ3) is 5.54. The first-order valence-corrected chi connectivity index (χ1v) is 7.73. The number of amides is 2. The summed E-state index contributed by atoms with van der Waals surface area (Å²) >= 11 is 0. The molecule has 0 saturated heterocycles. The van der Waals surface area contributed by atoms with Crippen molar-refractivity contribution in [1.82, 2.24) is 10.6 Å². The van der Waals surface area contributed by atoms with E-state index in [-0.39, 0.29) is 29.8 Å². The van der Waals surface area contributed by atoms with Crippen LogP contribution in [0.2, 0.25) is 0 Å². The number of aryl methyl sites for hydroxylation is 1. The first kappa shape index (κ1) is 18.3. The number of carbonyl (C=O) groups is 2. The number of hydrogen-bond donors (Lipinski definition) is 2. The van der Waals surface area contributed by atoms with Crippen LogP contribution in [0.5, 0.6) is 0 Å². The summed E-state index contributed by atoms with van der Waals surface area (Å²) in [4.78, 5) is 24.0. The molecule has 0 aliphatic heterocycles. The Balaban J connectivity index is 2.54. The molecule has 22 heavy (non-hydrogen) atoms. The third-order valence-electron chi connectivity index (χ3n) is 3.60. The summed E-state index contributed by atoms with van der Waals surface area (Å²) in [5.74, 6) is 0.575. The van der Waals surface area contributed by atoms with Gasteiger partial charge in [0, 0.05) is 6.04 Å². The van der Waals surface area contributed by atoms with Crippen LogP contribution < -0.4 is 10.6 Å². The maximum absolute atomic E-state index is 12.1. The standard InChI is InChI=1S/C17H28N2O3/c1-11(2)9-14(17(4,5)6)19-15(20)10-18-16(21)13-7-8-22-12(13)3/h7-8,11,14H,9-10H2,1-6H3,(H,18,21)(H,19,20). The lowest BCUT2D eigenvalue weighted by Crippen LogP contribution is -2.48. The molecule has 0 aliphatic rings. The van der Waals surface area contributed by atoms with Gasteiger partial charge in [-0.25, -0.2) is 0 Å². The van der Waals surface area contributed by atoms with Crippen molar-refractivity contribution in [3.63, 3.8) is 0 Å². The topological polar surface area (TPSA) is 71.3 Å². The van der Waals surface area contributed by atoms with Crippen molar-refractivity contribution < 1.29 is 14.0 Å². The Morgan fingerprint density at radius 1 is 1.27 bits per heavy atom. The molecule has 0 bridgehead atoms. The van der Waals surface area contributed by atoms with Gasteiger partial charge in [-0.3, -0.25) is 9.59 Å². The highest BCUT2D eigenvalue weighted by atomic mass is 16.3. The van der Waals surface area contributed by atoms with Gasteiger partial charge in [0.05, 0.1) is 18.4 Å². The molecule has 2 N–H and O–H groups in total. The highest BCUT2D eigenvalue weighted by Crippen LogP contribution is 2.24. The Labute approximate surface area is 132 Å². The Hall–Kier alpha value is -1.78. The summed E-state index contributed by atoms with van der Waals surface area (Å²) in [6, 6.07) is 1.67. The zero-order valence-electron chi connectivity index (χ0n) is 14.4. The van der Waals surface area contributed by atoms with E-state index < -0.39 is 0 Å². The Bertz CT molecular complexity index is 512. The third-order valence-corrected chi connectivity index (χ3v) is 3.60. The van der Waals surface area contributed by atoms with Crippen LogP contribution in [0.1, 0.15) is 57.2 Å². The molecule has 5 heteroatoms. The molecular formula is C17H28N2O3. The Morgan fingerprint density at radius 3 is 2.36 bits per heavy atom. The minimum absolute atomic E-state index is 0.0227. The second-order valence-electron chi connectivity index (χ2n) is 7.19. The van der Waals surface area contributed by atoms with E-state index in [0.717, 1.165) is 6.42 Å². The molecule has 1 unspecified atom stereocenters. The minimum atomic E-state index is -0.294. The van der Waals surface area contributed by atoms with E-state index >= 15 is 0 Å². The van der Waals surface area contributed by atoms with Crippen LogP contribution in [0, 0.1) is 18.3 Å². The monoisotopic (exact) mass is 308 g/mol. The maximum Gasteiger partial charge on any atom is 0.255 e. The van der Waals surface area contributed by atoms with Crippen molar-refractivity contribution >= 4 is 11.8 Å². The summed E-state index contributed by atoms with van der Waals surface area (Å²) in [6.45, 7) is 12.3. The number of carbonyl (C=O) groups excluding carboxylic acids is 2. The molecule has 5 nitrogen and oxygen atoms in total. The average Bonchev–Trinajstić information content (AvgIpc) is 2.80. The van der Waals surface area contributed by atoms with E-state index in [1.165, 1.54) is 6.26 Å². The van der Waals surface area contributed by atoms with Crippen LogP contribution in [0.15, 0.2) is 16.7 Å². The fraction of sp³-hybridized carbons (Fsp3) is 0.647. The number of nitrogens with one attached hydrogen (secondary N) is 2. The highest BCUT2D eigenvalue weighted by molar-refractivity contribution is 5.97. The molecule has 0 saturated carbocycles. The number of hydrogen-bond acceptors (Lipinski definition) is 3. The first-order chi connectivity index (χ1) is 10.1. The van der Waals surface area contributed by atoms with Crippen molar-refractivity contribution in [2.45, 2.75) is 54.0 Å². The van der Waals surface area contributed by atoms with E-state index in [2.05, 4.69) is 45.3 Å². The van der Waals surface area contributed by atoms with Crippen molar-refractivity contribution in [2.24, 2.45) is 11.3 Å². The SMILES string of the molecule is Cc1occc1C(=O)NCC(=O)NC(CC(C)C)C(C)(C)C. The fourth-order valence-electron chi connectivity index (χ4n) is 2.22. The molecule has 1 rings (SSSR count). The van der Waals surface area contributed by atoms with Crippen LogP contribution in [0.25, 0.3) is 0 Å². The minimum Gasteiger partial charge on any atom is -0.469 e. The Morgan fingerprint density at radius 2 is 1.91 bits per heavy atom. The molecular weight excluding hydrogens is 280 g/mol. The van der Waals surface area contributed by atoms with Crippen LogP contribution >= 0.6 is 0 Å². The van der Waals surface area contributed by atoms with Gasteiger partial charge in [-0.15, -0.1) is 0 Å². The van der Waals surface area contributed by atoms with Gasteiger partial charge < -0.3 is 15.1 Å². The van der Waals surface area contributed by atoms with Gasteiger partial charge in [0.15, 0.2) is 0 Å². The summed E-state index contributed by atoms with van der Waals surface area (Å²) in [5, 5.41) is 5.65. The van der Waals surface area contributed by atoms with Crippen molar-refractivity contribution in [2.75, 3.05) is 6.54 Å². The van der Waals surface area contributed by atoms with E-state index in [1.807, 2.05) is 0 Å². The van der Waals surface area contributed by atoms with Crippen LogP contribution in [0.4, 0.5) is 0 Å². The van der Waals surface area contributed by atoms with Gasteiger partial charge in [0.25, 0.3) is 5.91 Å². The summed E-state index contributed by atoms with van der Waals surface area (Å²) in [7, 11) is 0. The summed E-state index contributed by atoms with van der Waals surface area (Å²) < 4.78 is 5.08. The molecule has 0 radical (unpaired) electrons. The smallest absolute Gasteiger partial charge is 0.255 e. The van der Waals surface area contributed by atoms with Gasteiger partial charge in [-0.1, -0.05) is 34.6 Å². The fourth-order valence-corrected chi connectivity index (χ4v) is 2.22. The molecule has 2 amide bonds. The van der Waals surface area contributed by atoms with Crippen LogP contribution in [0.3, 0.4) is 0 Å². The summed E-state index contributed by atoms with van der Waals surface area (Å²) in [5.41, 5.74) is 0.438. The molecule has 1 aromatic rings. The summed E-state index contributed by atoms with van der Waals surface area (Å²) in [6.07, 6.45) is 2.37.